The lowest BCUT2D eigenvalue weighted by molar-refractivity contribution is 0.0955. The molecule has 0 atom stereocenters. The lowest BCUT2D eigenvalue weighted by Crippen LogP contribution is -2.26. The first-order chi connectivity index (χ1) is 9.08. The maximum Gasteiger partial charge on any atom is 0.254 e. The number of nitrogens with one attached hydrogen (secondary N) is 1. The van der Waals surface area contributed by atoms with Gasteiger partial charge >= 0.3 is 0 Å². The van der Waals surface area contributed by atoms with Gasteiger partial charge in [0.05, 0.1) is 15.6 Å². The molecule has 0 fully saturated rings. The van der Waals surface area contributed by atoms with Crippen LogP contribution < -0.4 is 11.1 Å². The molecule has 2 rings (SSSR count). The zero-order chi connectivity index (χ0) is 13.8. The van der Waals surface area contributed by atoms with Gasteiger partial charge in [-0.2, -0.15) is 0 Å². The summed E-state index contributed by atoms with van der Waals surface area (Å²) in [5.74, 6) is -0.253. The highest BCUT2D eigenvalue weighted by molar-refractivity contribution is 7.09. The van der Waals surface area contributed by atoms with Crippen LogP contribution in [-0.4, -0.2) is 17.4 Å². The standard InChI is InChI=1S/C13H14ClN3OS/c1-8-7-19-11(17-8)5-6-16-13(18)12-9(14)3-2-4-10(12)15/h2-4,7H,5-6,15H2,1H3,(H,16,18). The first-order valence-corrected chi connectivity index (χ1v) is 7.07. The molecule has 0 aliphatic rings. The number of nitrogen functional groups attached to an aromatic ring is 1. The Hall–Kier alpha value is -1.59. The third-order valence-corrected chi connectivity index (χ3v) is 3.91. The minimum Gasteiger partial charge on any atom is -0.398 e. The van der Waals surface area contributed by atoms with E-state index in [1.807, 2.05) is 12.3 Å². The van der Waals surface area contributed by atoms with E-state index in [0.29, 0.717) is 29.2 Å². The number of aromatic nitrogens is 1. The highest BCUT2D eigenvalue weighted by Gasteiger charge is 2.13. The number of amides is 1. The number of nitrogens with zero attached hydrogens (tertiary/aromatic N) is 1. The lowest BCUT2D eigenvalue weighted by atomic mass is 10.1. The Labute approximate surface area is 120 Å². The van der Waals surface area contributed by atoms with Gasteiger partial charge in [-0.15, -0.1) is 11.3 Å². The molecule has 3 N–H and O–H groups in total. The number of rotatable bonds is 4. The lowest BCUT2D eigenvalue weighted by Gasteiger charge is -2.08. The van der Waals surface area contributed by atoms with Crippen LogP contribution >= 0.6 is 22.9 Å². The van der Waals surface area contributed by atoms with Crippen molar-refractivity contribution in [2.24, 2.45) is 0 Å². The third kappa shape index (κ3) is 3.45. The van der Waals surface area contributed by atoms with Crippen molar-refractivity contribution in [2.45, 2.75) is 13.3 Å². The van der Waals surface area contributed by atoms with Crippen LogP contribution in [0, 0.1) is 6.92 Å². The topological polar surface area (TPSA) is 68.0 Å². The summed E-state index contributed by atoms with van der Waals surface area (Å²) in [5, 5.41) is 6.16. The number of hydrogen-bond donors (Lipinski definition) is 2. The van der Waals surface area contributed by atoms with E-state index in [1.54, 1.807) is 29.5 Å². The molecule has 6 heteroatoms. The van der Waals surface area contributed by atoms with Crippen LogP contribution in [0.1, 0.15) is 21.1 Å². The van der Waals surface area contributed by atoms with Crippen molar-refractivity contribution in [3.8, 4) is 0 Å². The van der Waals surface area contributed by atoms with Gasteiger partial charge in [0.15, 0.2) is 0 Å². The van der Waals surface area contributed by atoms with Crippen molar-refractivity contribution in [1.82, 2.24) is 10.3 Å². The number of aryl methyl sites for hydroxylation is 1. The van der Waals surface area contributed by atoms with Gasteiger partial charge in [0.25, 0.3) is 5.91 Å². The summed E-state index contributed by atoms with van der Waals surface area (Å²) in [6.45, 7) is 2.46. The van der Waals surface area contributed by atoms with E-state index >= 15 is 0 Å². The number of halogens is 1. The zero-order valence-electron chi connectivity index (χ0n) is 10.4. The Morgan fingerprint density at radius 3 is 2.95 bits per heavy atom. The molecular weight excluding hydrogens is 282 g/mol. The van der Waals surface area contributed by atoms with Gasteiger partial charge in [-0.1, -0.05) is 17.7 Å². The van der Waals surface area contributed by atoms with Crippen molar-refractivity contribution < 1.29 is 4.79 Å². The molecule has 4 nitrogen and oxygen atoms in total. The predicted molar refractivity (Wildman–Crippen MR) is 78.8 cm³/mol. The predicted octanol–water partition coefficient (Wildman–Crippen LogP) is 2.66. The van der Waals surface area contributed by atoms with E-state index in [9.17, 15) is 4.79 Å². The Bertz CT molecular complexity index is 577. The molecule has 19 heavy (non-hydrogen) atoms. The van der Waals surface area contributed by atoms with Crippen molar-refractivity contribution in [1.29, 1.82) is 0 Å². The fourth-order valence-electron chi connectivity index (χ4n) is 1.67. The van der Waals surface area contributed by atoms with E-state index in [2.05, 4.69) is 10.3 Å². The van der Waals surface area contributed by atoms with Crippen LogP contribution in [0.2, 0.25) is 5.02 Å². The van der Waals surface area contributed by atoms with Gasteiger partial charge in [-0.25, -0.2) is 4.98 Å². The first-order valence-electron chi connectivity index (χ1n) is 5.81. The van der Waals surface area contributed by atoms with Crippen molar-refractivity contribution in [3.05, 3.63) is 44.9 Å². The SMILES string of the molecule is Cc1csc(CCNC(=O)c2c(N)cccc2Cl)n1. The molecule has 0 unspecified atom stereocenters. The van der Waals surface area contributed by atoms with E-state index < -0.39 is 0 Å². The van der Waals surface area contributed by atoms with Crippen molar-refractivity contribution in [3.63, 3.8) is 0 Å². The minimum absolute atomic E-state index is 0.253. The summed E-state index contributed by atoms with van der Waals surface area (Å²) in [6.07, 6.45) is 0.703. The Morgan fingerprint density at radius 2 is 2.32 bits per heavy atom. The Morgan fingerprint density at radius 1 is 1.53 bits per heavy atom. The van der Waals surface area contributed by atoms with Gasteiger partial charge in [0, 0.05) is 29.7 Å². The van der Waals surface area contributed by atoms with Crippen LogP contribution in [0.3, 0.4) is 0 Å². The van der Waals surface area contributed by atoms with Crippen LogP contribution in [-0.2, 0) is 6.42 Å². The molecule has 0 radical (unpaired) electrons. The second kappa shape index (κ2) is 6.04. The summed E-state index contributed by atoms with van der Waals surface area (Å²) in [5.41, 5.74) is 7.47. The Balaban J connectivity index is 1.94. The number of carbonyl (C=O) groups excluding carboxylic acids is 1. The van der Waals surface area contributed by atoms with Gasteiger partial charge in [0.1, 0.15) is 0 Å². The number of thiazole rings is 1. The second-order valence-electron chi connectivity index (χ2n) is 4.09. The molecule has 1 aromatic carbocycles. The molecule has 0 aliphatic carbocycles. The van der Waals surface area contributed by atoms with E-state index in [0.717, 1.165) is 10.7 Å². The number of nitrogens with two attached hydrogens (primary N) is 1. The zero-order valence-corrected chi connectivity index (χ0v) is 12.0. The van der Waals surface area contributed by atoms with Crippen LogP contribution in [0.15, 0.2) is 23.6 Å². The van der Waals surface area contributed by atoms with Gasteiger partial charge < -0.3 is 11.1 Å². The number of benzene rings is 1. The molecule has 1 amide bonds. The smallest absolute Gasteiger partial charge is 0.254 e. The Kier molecular flexibility index (Phi) is 4.39. The van der Waals surface area contributed by atoms with Crippen molar-refractivity contribution in [2.75, 3.05) is 12.3 Å². The second-order valence-corrected chi connectivity index (χ2v) is 5.44. The molecule has 1 aromatic heterocycles. The molecule has 0 saturated carbocycles. The normalized spacial score (nSPS) is 10.4. The molecule has 0 saturated heterocycles. The molecule has 0 spiro atoms. The van der Waals surface area contributed by atoms with Crippen LogP contribution in [0.5, 0.6) is 0 Å². The first kappa shape index (κ1) is 13.8. The highest BCUT2D eigenvalue weighted by atomic mass is 35.5. The minimum atomic E-state index is -0.253. The average molecular weight is 296 g/mol. The summed E-state index contributed by atoms with van der Waals surface area (Å²) < 4.78 is 0. The van der Waals surface area contributed by atoms with E-state index in [4.69, 9.17) is 17.3 Å². The molecule has 1 heterocycles. The number of carbonyl (C=O) groups is 1. The van der Waals surface area contributed by atoms with Crippen LogP contribution in [0.4, 0.5) is 5.69 Å². The van der Waals surface area contributed by atoms with E-state index in [1.165, 1.54) is 0 Å². The molecule has 100 valence electrons. The fraction of sp³-hybridized carbons (Fsp3) is 0.231. The van der Waals surface area contributed by atoms with Crippen molar-refractivity contribution >= 4 is 34.5 Å². The molecule has 0 bridgehead atoms. The quantitative estimate of drug-likeness (QED) is 0.852. The fourth-order valence-corrected chi connectivity index (χ4v) is 2.71. The molecule has 0 aliphatic heterocycles. The molecule has 2 aromatic rings. The van der Waals surface area contributed by atoms with Crippen LogP contribution in [0.25, 0.3) is 0 Å². The van der Waals surface area contributed by atoms with Gasteiger partial charge in [0.2, 0.25) is 0 Å². The highest BCUT2D eigenvalue weighted by Crippen LogP contribution is 2.21. The number of hydrogen-bond acceptors (Lipinski definition) is 4. The van der Waals surface area contributed by atoms with Gasteiger partial charge in [-0.3, -0.25) is 4.79 Å². The summed E-state index contributed by atoms with van der Waals surface area (Å²) in [7, 11) is 0. The maximum absolute atomic E-state index is 12.0. The average Bonchev–Trinajstić information content (AvgIpc) is 2.75. The summed E-state index contributed by atoms with van der Waals surface area (Å²) in [4.78, 5) is 16.3. The third-order valence-electron chi connectivity index (χ3n) is 2.56. The van der Waals surface area contributed by atoms with E-state index in [-0.39, 0.29) is 5.91 Å². The van der Waals surface area contributed by atoms with Gasteiger partial charge in [-0.05, 0) is 19.1 Å². The largest absolute Gasteiger partial charge is 0.398 e. The summed E-state index contributed by atoms with van der Waals surface area (Å²) >= 11 is 7.56. The maximum atomic E-state index is 12.0. The number of anilines is 1. The monoisotopic (exact) mass is 295 g/mol. The molecular formula is C13H14ClN3OS. The summed E-state index contributed by atoms with van der Waals surface area (Å²) in [6, 6.07) is 5.02.